The lowest BCUT2D eigenvalue weighted by molar-refractivity contribution is -0.142. The van der Waals surface area contributed by atoms with Crippen LogP contribution in [0, 0.1) is 17.5 Å². The molecule has 162 valence electrons. The third kappa shape index (κ3) is 5.69. The normalized spacial score (nSPS) is 12.3. The molecule has 2 aromatic rings. The quantitative estimate of drug-likeness (QED) is 0.597. The van der Waals surface area contributed by atoms with Crippen LogP contribution in [0.2, 0.25) is 0 Å². The number of amides is 1. The van der Waals surface area contributed by atoms with Gasteiger partial charge >= 0.3 is 0 Å². The molecule has 0 aliphatic rings. The summed E-state index contributed by atoms with van der Waals surface area (Å²) >= 11 is 0. The van der Waals surface area contributed by atoms with Gasteiger partial charge in [0.05, 0.1) is 6.04 Å². The summed E-state index contributed by atoms with van der Waals surface area (Å²) in [5, 5.41) is 2.53. The highest BCUT2D eigenvalue weighted by Crippen LogP contribution is 2.23. The van der Waals surface area contributed by atoms with Crippen molar-refractivity contribution in [3.8, 4) is 5.75 Å². The van der Waals surface area contributed by atoms with E-state index in [-0.39, 0.29) is 12.2 Å². The summed E-state index contributed by atoms with van der Waals surface area (Å²) in [5.74, 6) is -6.06. The van der Waals surface area contributed by atoms with Gasteiger partial charge in [-0.2, -0.15) is 4.39 Å². The van der Waals surface area contributed by atoms with Crippen molar-refractivity contribution in [3.63, 3.8) is 0 Å². The Balaban J connectivity index is 2.20. The molecule has 1 unspecified atom stereocenters. The maximum absolute atomic E-state index is 13.8. The zero-order valence-electron chi connectivity index (χ0n) is 16.7. The molecule has 1 heterocycles. The third-order valence-electron chi connectivity index (χ3n) is 4.40. The van der Waals surface area contributed by atoms with Crippen LogP contribution in [0.1, 0.15) is 19.4 Å². The van der Waals surface area contributed by atoms with Gasteiger partial charge in [-0.1, -0.05) is 6.07 Å². The summed E-state index contributed by atoms with van der Waals surface area (Å²) < 4.78 is 50.8. The first-order valence-electron chi connectivity index (χ1n) is 8.90. The molecule has 10 heteroatoms. The van der Waals surface area contributed by atoms with Gasteiger partial charge in [-0.05, 0) is 37.6 Å². The summed E-state index contributed by atoms with van der Waals surface area (Å²) in [5.41, 5.74) is 4.87. The lowest BCUT2D eigenvalue weighted by Crippen LogP contribution is -2.52. The van der Waals surface area contributed by atoms with Gasteiger partial charge in [0.15, 0.2) is 23.2 Å². The summed E-state index contributed by atoms with van der Waals surface area (Å²) in [4.78, 5) is 29.0. The van der Waals surface area contributed by atoms with Crippen LogP contribution in [-0.4, -0.2) is 42.0 Å². The van der Waals surface area contributed by atoms with Crippen LogP contribution >= 0.6 is 0 Å². The molecule has 0 radical (unpaired) electrons. The molecule has 30 heavy (non-hydrogen) atoms. The molecule has 0 saturated carbocycles. The zero-order valence-corrected chi connectivity index (χ0v) is 16.7. The fourth-order valence-corrected chi connectivity index (χ4v) is 2.35. The zero-order chi connectivity index (χ0) is 22.5. The molecule has 0 aliphatic carbocycles. The Kier molecular flexibility index (Phi) is 7.38. The fourth-order valence-electron chi connectivity index (χ4n) is 2.35. The van der Waals surface area contributed by atoms with Crippen LogP contribution < -0.4 is 15.8 Å². The first kappa shape index (κ1) is 23.1. The Hall–Kier alpha value is -3.14. The molecule has 7 nitrogen and oxygen atoms in total. The minimum Gasteiger partial charge on any atom is -0.480 e. The maximum atomic E-state index is 13.8. The molecule has 0 aliphatic heterocycles. The van der Waals surface area contributed by atoms with Crippen LogP contribution in [0.15, 0.2) is 30.5 Å². The Morgan fingerprint density at radius 2 is 1.83 bits per heavy atom. The molecule has 1 atom stereocenters. The second-order valence-corrected chi connectivity index (χ2v) is 6.96. The number of halogens is 3. The number of aromatic nitrogens is 1. The summed E-state index contributed by atoms with van der Waals surface area (Å²) in [7, 11) is 1.33. The second-order valence-electron chi connectivity index (χ2n) is 6.96. The van der Waals surface area contributed by atoms with E-state index in [1.807, 2.05) is 0 Å². The van der Waals surface area contributed by atoms with E-state index in [0.717, 1.165) is 0 Å². The summed E-state index contributed by atoms with van der Waals surface area (Å²) in [6.45, 7) is 2.20. The van der Waals surface area contributed by atoms with Crippen LogP contribution in [0.25, 0.3) is 0 Å². The number of nitrogens with one attached hydrogen (secondary N) is 1. The predicted molar refractivity (Wildman–Crippen MR) is 102 cm³/mol. The number of methoxy groups -OCH3 is 1. The highest BCUT2D eigenvalue weighted by molar-refractivity contribution is 5.92. The van der Waals surface area contributed by atoms with Gasteiger partial charge in [0.1, 0.15) is 18.0 Å². The third-order valence-corrected chi connectivity index (χ3v) is 4.40. The van der Waals surface area contributed by atoms with Crippen molar-refractivity contribution in [2.75, 3.05) is 19.5 Å². The molecule has 1 aromatic heterocycles. The lowest BCUT2D eigenvalue weighted by atomic mass is 10.0. The summed E-state index contributed by atoms with van der Waals surface area (Å²) in [6, 6.07) is 3.29. The van der Waals surface area contributed by atoms with Crippen LogP contribution in [0.4, 0.5) is 19.0 Å². The number of Topliss-reactive ketones (excluding diaryl/α,β-unsaturated/α-hetero) is 1. The fraction of sp³-hybridized carbons (Fsp3) is 0.350. The smallest absolute Gasteiger partial charge is 0.252 e. The van der Waals surface area contributed by atoms with E-state index in [9.17, 15) is 22.8 Å². The van der Waals surface area contributed by atoms with E-state index < -0.39 is 53.1 Å². The number of hydrogen-bond donors (Lipinski definition) is 2. The van der Waals surface area contributed by atoms with Crippen molar-refractivity contribution in [1.29, 1.82) is 0 Å². The molecule has 1 amide bonds. The predicted octanol–water partition coefficient (Wildman–Crippen LogP) is 2.18. The Labute approximate surface area is 171 Å². The van der Waals surface area contributed by atoms with Gasteiger partial charge in [0.2, 0.25) is 5.82 Å². The van der Waals surface area contributed by atoms with Crippen LogP contribution in [-0.2, 0) is 20.7 Å². The van der Waals surface area contributed by atoms with E-state index in [4.69, 9.17) is 15.2 Å². The van der Waals surface area contributed by atoms with Crippen LogP contribution in [0.5, 0.6) is 5.75 Å². The van der Waals surface area contributed by atoms with Crippen molar-refractivity contribution in [1.82, 2.24) is 10.3 Å². The highest BCUT2D eigenvalue weighted by Gasteiger charge is 2.31. The number of hydrogen-bond acceptors (Lipinski definition) is 6. The SMILES string of the molecule is COC(C)(C)C(=O)NC(Cc1ccc(N)nc1)C(=O)COc1c(F)ccc(F)c1F. The minimum absolute atomic E-state index is 0.00905. The van der Waals surface area contributed by atoms with E-state index in [1.165, 1.54) is 33.2 Å². The molecule has 0 spiro atoms. The molecule has 2 rings (SSSR count). The molecule has 3 N–H and O–H groups in total. The average Bonchev–Trinajstić information content (AvgIpc) is 2.71. The number of rotatable bonds is 9. The summed E-state index contributed by atoms with van der Waals surface area (Å²) in [6.07, 6.45) is 1.44. The number of ketones is 1. The van der Waals surface area contributed by atoms with Gasteiger partial charge in [0.25, 0.3) is 5.91 Å². The average molecular weight is 425 g/mol. The first-order valence-corrected chi connectivity index (χ1v) is 8.90. The van der Waals surface area contributed by atoms with Gasteiger partial charge in [-0.15, -0.1) is 0 Å². The first-order chi connectivity index (χ1) is 14.0. The lowest BCUT2D eigenvalue weighted by Gasteiger charge is -2.26. The number of carbonyl (C=O) groups is 2. The number of nitrogens with two attached hydrogens (primary N) is 1. The number of nitrogen functional groups attached to an aromatic ring is 1. The standard InChI is InChI=1S/C20H22F3N3O4/c1-20(2,29-3)19(28)26-14(8-11-4-7-16(24)25-9-11)15(27)10-30-18-13(22)6-5-12(21)17(18)23/h4-7,9,14H,8,10H2,1-3H3,(H2,24,25)(H,26,28). The molecule has 1 aromatic carbocycles. The van der Waals surface area contributed by atoms with Crippen LogP contribution in [0.3, 0.4) is 0 Å². The number of pyridine rings is 1. The van der Waals surface area contributed by atoms with E-state index in [0.29, 0.717) is 17.7 Å². The number of nitrogens with zero attached hydrogens (tertiary/aromatic N) is 1. The molecule has 0 saturated heterocycles. The van der Waals surface area contributed by atoms with Gasteiger partial charge in [-0.3, -0.25) is 9.59 Å². The minimum atomic E-state index is -1.55. The molecular formula is C20H22F3N3O4. The number of benzene rings is 1. The van der Waals surface area contributed by atoms with Crippen molar-refractivity contribution in [3.05, 3.63) is 53.5 Å². The number of ether oxygens (including phenoxy) is 2. The Morgan fingerprint density at radius 1 is 1.17 bits per heavy atom. The van der Waals surface area contributed by atoms with Gasteiger partial charge < -0.3 is 20.5 Å². The van der Waals surface area contributed by atoms with Crippen molar-refractivity contribution < 1.29 is 32.2 Å². The Morgan fingerprint density at radius 3 is 2.43 bits per heavy atom. The Bertz CT molecular complexity index is 920. The van der Waals surface area contributed by atoms with E-state index in [1.54, 1.807) is 6.07 Å². The van der Waals surface area contributed by atoms with E-state index >= 15 is 0 Å². The van der Waals surface area contributed by atoms with Gasteiger partial charge in [0, 0.05) is 19.7 Å². The van der Waals surface area contributed by atoms with Crippen molar-refractivity contribution in [2.24, 2.45) is 0 Å². The number of anilines is 1. The van der Waals surface area contributed by atoms with Crippen molar-refractivity contribution >= 4 is 17.5 Å². The molecule has 0 bridgehead atoms. The monoisotopic (exact) mass is 425 g/mol. The largest absolute Gasteiger partial charge is 0.480 e. The number of carbonyl (C=O) groups excluding carboxylic acids is 2. The van der Waals surface area contributed by atoms with Gasteiger partial charge in [-0.25, -0.2) is 13.8 Å². The maximum Gasteiger partial charge on any atom is 0.252 e. The highest BCUT2D eigenvalue weighted by atomic mass is 19.2. The van der Waals surface area contributed by atoms with E-state index in [2.05, 4.69) is 10.3 Å². The molecular weight excluding hydrogens is 403 g/mol. The second kappa shape index (κ2) is 9.57. The topological polar surface area (TPSA) is 104 Å². The van der Waals surface area contributed by atoms with Crippen molar-refractivity contribution in [2.45, 2.75) is 31.9 Å². The molecule has 0 fully saturated rings.